The molecule has 0 saturated carbocycles. The fraction of sp³-hybridized carbons (Fsp3) is 0.250. The monoisotopic (exact) mass is 324 g/mol. The van der Waals surface area contributed by atoms with Gasteiger partial charge in [0, 0.05) is 10.6 Å². The van der Waals surface area contributed by atoms with E-state index < -0.39 is 6.43 Å². The van der Waals surface area contributed by atoms with E-state index in [1.54, 1.807) is 18.2 Å². The summed E-state index contributed by atoms with van der Waals surface area (Å²) in [7, 11) is 0. The standard InChI is InChI=1S/C12H9Cl3F2N2/c13-5-9-10(12(16)17)18-19(11(9)15)6-7-2-1-3-8(14)4-7/h1-4,12H,5-6H2. The molecule has 0 atom stereocenters. The van der Waals surface area contributed by atoms with Crippen LogP contribution in [0.5, 0.6) is 0 Å². The second-order valence-electron chi connectivity index (χ2n) is 3.88. The molecule has 1 heterocycles. The van der Waals surface area contributed by atoms with E-state index in [0.29, 0.717) is 5.02 Å². The SMILES string of the molecule is FC(F)c1nn(Cc2cccc(Cl)c2)c(Cl)c1CCl. The highest BCUT2D eigenvalue weighted by Gasteiger charge is 2.22. The third-order valence-electron chi connectivity index (χ3n) is 2.57. The summed E-state index contributed by atoms with van der Waals surface area (Å²) in [4.78, 5) is 0. The van der Waals surface area contributed by atoms with Crippen molar-refractivity contribution in [3.8, 4) is 0 Å². The van der Waals surface area contributed by atoms with Gasteiger partial charge in [0.15, 0.2) is 0 Å². The molecule has 0 fully saturated rings. The lowest BCUT2D eigenvalue weighted by Gasteiger charge is -2.04. The molecular weight excluding hydrogens is 317 g/mol. The molecule has 0 aliphatic rings. The number of hydrogen-bond acceptors (Lipinski definition) is 1. The van der Waals surface area contributed by atoms with Crippen molar-refractivity contribution in [2.24, 2.45) is 0 Å². The van der Waals surface area contributed by atoms with Gasteiger partial charge in [0.2, 0.25) is 0 Å². The van der Waals surface area contributed by atoms with Crippen LogP contribution in [0.3, 0.4) is 0 Å². The second-order valence-corrected chi connectivity index (χ2v) is 4.94. The maximum absolute atomic E-state index is 12.8. The third kappa shape index (κ3) is 3.19. The molecule has 0 radical (unpaired) electrons. The Labute approximate surface area is 123 Å². The van der Waals surface area contributed by atoms with Gasteiger partial charge in [0.25, 0.3) is 6.43 Å². The molecular formula is C12H9Cl3F2N2. The molecule has 1 aromatic carbocycles. The minimum Gasteiger partial charge on any atom is -0.249 e. The Morgan fingerprint density at radius 3 is 2.53 bits per heavy atom. The molecule has 2 rings (SSSR count). The number of nitrogens with zero attached hydrogens (tertiary/aromatic N) is 2. The van der Waals surface area contributed by atoms with Gasteiger partial charge < -0.3 is 0 Å². The molecule has 0 amide bonds. The first kappa shape index (κ1) is 14.6. The van der Waals surface area contributed by atoms with Crippen molar-refractivity contribution >= 4 is 34.8 Å². The molecule has 0 unspecified atom stereocenters. The zero-order valence-corrected chi connectivity index (χ0v) is 11.9. The topological polar surface area (TPSA) is 17.8 Å². The summed E-state index contributed by atoms with van der Waals surface area (Å²) in [5.41, 5.74) is 0.612. The predicted molar refractivity (Wildman–Crippen MR) is 72.3 cm³/mol. The smallest absolute Gasteiger partial charge is 0.249 e. The van der Waals surface area contributed by atoms with Crippen LogP contribution in [0, 0.1) is 0 Å². The predicted octanol–water partition coefficient (Wildman–Crippen LogP) is 4.91. The number of benzene rings is 1. The average Bonchev–Trinajstić information content (AvgIpc) is 2.66. The maximum atomic E-state index is 12.8. The van der Waals surface area contributed by atoms with Gasteiger partial charge in [-0.3, -0.25) is 0 Å². The molecule has 2 nitrogen and oxygen atoms in total. The number of hydrogen-bond donors (Lipinski definition) is 0. The Kier molecular flexibility index (Phi) is 4.66. The van der Waals surface area contributed by atoms with Gasteiger partial charge in [-0.2, -0.15) is 5.10 Å². The first-order valence-corrected chi connectivity index (χ1v) is 6.65. The molecule has 7 heteroatoms. The van der Waals surface area contributed by atoms with Crippen molar-refractivity contribution in [3.63, 3.8) is 0 Å². The Balaban J connectivity index is 2.35. The van der Waals surface area contributed by atoms with Gasteiger partial charge in [-0.15, -0.1) is 11.6 Å². The van der Waals surface area contributed by atoms with Crippen LogP contribution in [-0.4, -0.2) is 9.78 Å². The highest BCUT2D eigenvalue weighted by molar-refractivity contribution is 6.31. The van der Waals surface area contributed by atoms with E-state index >= 15 is 0 Å². The van der Waals surface area contributed by atoms with Gasteiger partial charge in [0.05, 0.1) is 12.4 Å². The molecule has 0 N–H and O–H groups in total. The van der Waals surface area contributed by atoms with Crippen molar-refractivity contribution in [3.05, 3.63) is 51.3 Å². The fourth-order valence-electron chi connectivity index (χ4n) is 1.71. The molecule has 0 bridgehead atoms. The summed E-state index contributed by atoms with van der Waals surface area (Å²) in [6, 6.07) is 7.03. The molecule has 0 aliphatic carbocycles. The summed E-state index contributed by atoms with van der Waals surface area (Å²) in [5, 5.41) is 4.50. The number of alkyl halides is 3. The first-order valence-electron chi connectivity index (χ1n) is 5.36. The van der Waals surface area contributed by atoms with E-state index in [0.717, 1.165) is 5.56 Å². The van der Waals surface area contributed by atoms with Gasteiger partial charge in [-0.1, -0.05) is 35.3 Å². The number of halogens is 5. The van der Waals surface area contributed by atoms with Crippen LogP contribution < -0.4 is 0 Å². The minimum atomic E-state index is -2.70. The third-order valence-corrected chi connectivity index (χ3v) is 3.50. The highest BCUT2D eigenvalue weighted by Crippen LogP contribution is 2.29. The van der Waals surface area contributed by atoms with Gasteiger partial charge >= 0.3 is 0 Å². The Hall–Kier alpha value is -0.840. The average molecular weight is 326 g/mol. The van der Waals surface area contributed by atoms with E-state index in [9.17, 15) is 8.78 Å². The van der Waals surface area contributed by atoms with Crippen molar-refractivity contribution in [1.82, 2.24) is 9.78 Å². The van der Waals surface area contributed by atoms with Crippen LogP contribution in [-0.2, 0) is 12.4 Å². The van der Waals surface area contributed by atoms with Gasteiger partial charge in [-0.25, -0.2) is 13.5 Å². The van der Waals surface area contributed by atoms with E-state index in [2.05, 4.69) is 5.10 Å². The summed E-state index contributed by atoms with van der Waals surface area (Å²) < 4.78 is 26.9. The van der Waals surface area contributed by atoms with Crippen LogP contribution in [0.1, 0.15) is 23.2 Å². The molecule has 0 spiro atoms. The largest absolute Gasteiger partial charge is 0.282 e. The summed E-state index contributed by atoms with van der Waals surface area (Å²) in [6.45, 7) is 0.260. The molecule has 19 heavy (non-hydrogen) atoms. The molecule has 102 valence electrons. The van der Waals surface area contributed by atoms with Crippen LogP contribution in [0.25, 0.3) is 0 Å². The Morgan fingerprint density at radius 1 is 1.26 bits per heavy atom. The lowest BCUT2D eigenvalue weighted by molar-refractivity contribution is 0.144. The highest BCUT2D eigenvalue weighted by atomic mass is 35.5. The Bertz CT molecular complexity index is 584. The quantitative estimate of drug-likeness (QED) is 0.730. The first-order chi connectivity index (χ1) is 9.02. The molecule has 0 aliphatic heterocycles. The molecule has 2 aromatic rings. The van der Waals surface area contributed by atoms with E-state index in [1.165, 1.54) is 4.68 Å². The van der Waals surface area contributed by atoms with E-state index in [4.69, 9.17) is 34.8 Å². The summed E-state index contributed by atoms with van der Waals surface area (Å²) >= 11 is 17.5. The summed E-state index contributed by atoms with van der Waals surface area (Å²) in [5.74, 6) is -0.103. The number of rotatable bonds is 4. The second kappa shape index (κ2) is 6.07. The zero-order chi connectivity index (χ0) is 14.0. The van der Waals surface area contributed by atoms with Crippen molar-refractivity contribution < 1.29 is 8.78 Å². The lowest BCUT2D eigenvalue weighted by atomic mass is 10.2. The van der Waals surface area contributed by atoms with Crippen LogP contribution in [0.15, 0.2) is 24.3 Å². The molecule has 1 aromatic heterocycles. The van der Waals surface area contributed by atoms with Gasteiger partial charge in [-0.05, 0) is 17.7 Å². The minimum absolute atomic E-state index is 0.103. The number of aromatic nitrogens is 2. The van der Waals surface area contributed by atoms with Crippen molar-refractivity contribution in [1.29, 1.82) is 0 Å². The lowest BCUT2D eigenvalue weighted by Crippen LogP contribution is -2.02. The molecule has 0 saturated heterocycles. The van der Waals surface area contributed by atoms with Gasteiger partial charge in [0.1, 0.15) is 10.8 Å². The fourth-order valence-corrected chi connectivity index (χ4v) is 2.51. The van der Waals surface area contributed by atoms with E-state index in [-0.39, 0.29) is 28.8 Å². The summed E-state index contributed by atoms with van der Waals surface area (Å²) in [6.07, 6.45) is -2.70. The zero-order valence-electron chi connectivity index (χ0n) is 9.59. The normalized spacial score (nSPS) is 11.3. The van der Waals surface area contributed by atoms with Crippen LogP contribution in [0.2, 0.25) is 10.2 Å². The van der Waals surface area contributed by atoms with E-state index in [1.807, 2.05) is 6.07 Å². The maximum Gasteiger partial charge on any atom is 0.282 e. The van der Waals surface area contributed by atoms with Crippen molar-refractivity contribution in [2.75, 3.05) is 0 Å². The van der Waals surface area contributed by atoms with Crippen LogP contribution in [0.4, 0.5) is 8.78 Å². The van der Waals surface area contributed by atoms with Crippen molar-refractivity contribution in [2.45, 2.75) is 18.9 Å². The van der Waals surface area contributed by atoms with Crippen LogP contribution >= 0.6 is 34.8 Å². The Morgan fingerprint density at radius 2 is 2.00 bits per heavy atom.